The van der Waals surface area contributed by atoms with E-state index < -0.39 is 5.60 Å². The molecular formula is C19H40IN5O2. The Kier molecular flexibility index (Phi) is 12.3. The third kappa shape index (κ3) is 10.4. The average Bonchev–Trinajstić information content (AvgIpc) is 2.99. The van der Waals surface area contributed by atoms with E-state index in [1.54, 1.807) is 0 Å². The molecule has 0 aromatic rings. The van der Waals surface area contributed by atoms with Crippen LogP contribution in [0, 0.1) is 0 Å². The van der Waals surface area contributed by atoms with E-state index in [0.717, 1.165) is 51.5 Å². The molecule has 1 saturated heterocycles. The molecule has 1 aliphatic rings. The molecule has 1 heterocycles. The number of hydrogen-bond acceptors (Lipinski definition) is 4. The van der Waals surface area contributed by atoms with Gasteiger partial charge in [-0.1, -0.05) is 6.92 Å². The van der Waals surface area contributed by atoms with E-state index in [1.807, 2.05) is 20.8 Å². The smallest absolute Gasteiger partial charge is 0.407 e. The lowest BCUT2D eigenvalue weighted by molar-refractivity contribution is 0.0507. The monoisotopic (exact) mass is 497 g/mol. The van der Waals surface area contributed by atoms with Crippen molar-refractivity contribution in [2.24, 2.45) is 4.99 Å². The first kappa shape index (κ1) is 26.2. The minimum atomic E-state index is -0.472. The summed E-state index contributed by atoms with van der Waals surface area (Å²) in [6.45, 7) is 16.3. The van der Waals surface area contributed by atoms with Crippen molar-refractivity contribution in [2.75, 3.05) is 39.8 Å². The molecule has 160 valence electrons. The summed E-state index contributed by atoms with van der Waals surface area (Å²) in [7, 11) is 2.15. The first-order valence-corrected chi connectivity index (χ1v) is 9.89. The van der Waals surface area contributed by atoms with Crippen molar-refractivity contribution in [2.45, 2.75) is 72.1 Å². The molecule has 0 aromatic carbocycles. The lowest BCUT2D eigenvalue weighted by Crippen LogP contribution is -2.44. The van der Waals surface area contributed by atoms with Gasteiger partial charge in [0.1, 0.15) is 5.60 Å². The normalized spacial score (nSPS) is 18.9. The SMILES string of the molecule is CCNC(=NCCN(C)C(C)CC)N1CCC(NC(=O)OC(C)(C)C)C1.I. The molecule has 0 aromatic heterocycles. The van der Waals surface area contributed by atoms with Gasteiger partial charge in [0.15, 0.2) is 5.96 Å². The Labute approximate surface area is 182 Å². The van der Waals surface area contributed by atoms with Crippen LogP contribution >= 0.6 is 24.0 Å². The lowest BCUT2D eigenvalue weighted by Gasteiger charge is -2.25. The zero-order valence-electron chi connectivity index (χ0n) is 18.2. The highest BCUT2D eigenvalue weighted by atomic mass is 127. The molecule has 0 aliphatic carbocycles. The summed E-state index contributed by atoms with van der Waals surface area (Å²) in [5, 5.41) is 6.33. The number of nitrogens with zero attached hydrogens (tertiary/aromatic N) is 3. The van der Waals surface area contributed by atoms with Gasteiger partial charge in [0.05, 0.1) is 12.6 Å². The van der Waals surface area contributed by atoms with Crippen LogP contribution in [0.1, 0.15) is 54.4 Å². The summed E-state index contributed by atoms with van der Waals surface area (Å²) < 4.78 is 5.35. The molecule has 1 amide bonds. The van der Waals surface area contributed by atoms with E-state index >= 15 is 0 Å². The van der Waals surface area contributed by atoms with Crippen LogP contribution in [0.25, 0.3) is 0 Å². The molecule has 8 heteroatoms. The lowest BCUT2D eigenvalue weighted by atomic mass is 10.2. The quantitative estimate of drug-likeness (QED) is 0.322. The fourth-order valence-electron chi connectivity index (χ4n) is 2.82. The zero-order valence-corrected chi connectivity index (χ0v) is 20.5. The van der Waals surface area contributed by atoms with E-state index in [9.17, 15) is 4.79 Å². The first-order chi connectivity index (χ1) is 12.2. The van der Waals surface area contributed by atoms with Crippen LogP contribution in [0.15, 0.2) is 4.99 Å². The average molecular weight is 497 g/mol. The maximum absolute atomic E-state index is 12.0. The summed E-state index contributed by atoms with van der Waals surface area (Å²) in [5.41, 5.74) is -0.472. The van der Waals surface area contributed by atoms with Crippen molar-refractivity contribution in [3.63, 3.8) is 0 Å². The molecule has 0 spiro atoms. The Morgan fingerprint density at radius 3 is 2.59 bits per heavy atom. The number of alkyl carbamates (subject to hydrolysis) is 1. The molecule has 0 saturated carbocycles. The molecule has 1 rings (SSSR count). The van der Waals surface area contributed by atoms with Gasteiger partial charge < -0.3 is 25.2 Å². The van der Waals surface area contributed by atoms with Gasteiger partial charge in [0.2, 0.25) is 0 Å². The molecule has 0 bridgehead atoms. The van der Waals surface area contributed by atoms with Gasteiger partial charge in [-0.05, 0) is 54.5 Å². The Balaban J connectivity index is 0.00000676. The maximum Gasteiger partial charge on any atom is 0.407 e. The topological polar surface area (TPSA) is 69.2 Å². The van der Waals surface area contributed by atoms with Crippen molar-refractivity contribution < 1.29 is 9.53 Å². The number of aliphatic imine (C=N–C) groups is 1. The number of nitrogens with one attached hydrogen (secondary N) is 2. The molecule has 27 heavy (non-hydrogen) atoms. The Bertz CT molecular complexity index is 468. The molecule has 2 atom stereocenters. The van der Waals surface area contributed by atoms with Gasteiger partial charge in [-0.25, -0.2) is 4.79 Å². The van der Waals surface area contributed by atoms with E-state index in [-0.39, 0.29) is 36.1 Å². The second kappa shape index (κ2) is 12.6. The van der Waals surface area contributed by atoms with Crippen molar-refractivity contribution in [3.05, 3.63) is 0 Å². The second-order valence-corrected chi connectivity index (χ2v) is 8.05. The summed E-state index contributed by atoms with van der Waals surface area (Å²) in [5.74, 6) is 0.929. The highest BCUT2D eigenvalue weighted by molar-refractivity contribution is 14.0. The van der Waals surface area contributed by atoms with Crippen molar-refractivity contribution >= 4 is 36.0 Å². The number of hydrogen-bond donors (Lipinski definition) is 2. The molecule has 1 aliphatic heterocycles. The second-order valence-electron chi connectivity index (χ2n) is 8.05. The van der Waals surface area contributed by atoms with Gasteiger partial charge >= 0.3 is 6.09 Å². The van der Waals surface area contributed by atoms with Crippen LogP contribution in [-0.4, -0.2) is 79.3 Å². The number of carbonyl (C=O) groups excluding carboxylic acids is 1. The summed E-state index contributed by atoms with van der Waals surface area (Å²) >= 11 is 0. The predicted octanol–water partition coefficient (Wildman–Crippen LogP) is 2.90. The number of carbonyl (C=O) groups is 1. The van der Waals surface area contributed by atoms with Crippen molar-refractivity contribution in [3.8, 4) is 0 Å². The van der Waals surface area contributed by atoms with E-state index in [4.69, 9.17) is 9.73 Å². The van der Waals surface area contributed by atoms with Crippen LogP contribution in [-0.2, 0) is 4.74 Å². The zero-order chi connectivity index (χ0) is 19.7. The fourth-order valence-corrected chi connectivity index (χ4v) is 2.82. The van der Waals surface area contributed by atoms with E-state index in [0.29, 0.717) is 6.04 Å². The van der Waals surface area contributed by atoms with Gasteiger partial charge in [-0.3, -0.25) is 4.99 Å². The third-order valence-electron chi connectivity index (χ3n) is 4.60. The number of likely N-dealkylation sites (N-methyl/N-ethyl adjacent to an activating group) is 1. The first-order valence-electron chi connectivity index (χ1n) is 9.89. The standard InChI is InChI=1S/C19H39N5O2.HI/c1-8-15(3)23(7)13-11-21-17(20-9-2)24-12-10-16(14-24)22-18(25)26-19(4,5)6;/h15-16H,8-14H2,1-7H3,(H,20,21)(H,22,25);1H. The van der Waals surface area contributed by atoms with Gasteiger partial charge in [0.25, 0.3) is 0 Å². The molecule has 2 unspecified atom stereocenters. The van der Waals surface area contributed by atoms with Gasteiger partial charge in [-0.15, -0.1) is 24.0 Å². The Morgan fingerprint density at radius 2 is 2.04 bits per heavy atom. The van der Waals surface area contributed by atoms with Crippen molar-refractivity contribution in [1.82, 2.24) is 20.4 Å². The van der Waals surface area contributed by atoms with E-state index in [2.05, 4.69) is 48.3 Å². The summed E-state index contributed by atoms with van der Waals surface area (Å²) in [6, 6.07) is 0.665. The van der Waals surface area contributed by atoms with Gasteiger partial charge in [-0.2, -0.15) is 0 Å². The number of rotatable bonds is 7. The van der Waals surface area contributed by atoms with Crippen LogP contribution in [0.3, 0.4) is 0 Å². The maximum atomic E-state index is 12.0. The van der Waals surface area contributed by atoms with Crippen molar-refractivity contribution in [1.29, 1.82) is 0 Å². The Hall–Kier alpha value is -0.770. The van der Waals surface area contributed by atoms with Crippen LogP contribution in [0.4, 0.5) is 4.79 Å². The van der Waals surface area contributed by atoms with Crippen LogP contribution in [0.5, 0.6) is 0 Å². The largest absolute Gasteiger partial charge is 0.444 e. The number of ether oxygens (including phenoxy) is 1. The molecule has 1 fully saturated rings. The summed E-state index contributed by atoms with van der Waals surface area (Å²) in [4.78, 5) is 21.3. The van der Waals surface area contributed by atoms with Crippen LogP contribution in [0.2, 0.25) is 0 Å². The number of likely N-dealkylation sites (tertiary alicyclic amines) is 1. The van der Waals surface area contributed by atoms with E-state index in [1.165, 1.54) is 0 Å². The number of halogens is 1. The number of guanidine groups is 1. The minimum absolute atomic E-state index is 0. The van der Waals surface area contributed by atoms with Gasteiger partial charge in [0, 0.05) is 32.2 Å². The fraction of sp³-hybridized carbons (Fsp3) is 0.895. The molecular weight excluding hydrogens is 457 g/mol. The summed E-state index contributed by atoms with van der Waals surface area (Å²) in [6.07, 6.45) is 1.70. The van der Waals surface area contributed by atoms with Crippen LogP contribution < -0.4 is 10.6 Å². The highest BCUT2D eigenvalue weighted by Gasteiger charge is 2.27. The molecule has 0 radical (unpaired) electrons. The molecule has 7 nitrogen and oxygen atoms in total. The third-order valence-corrected chi connectivity index (χ3v) is 4.60. The molecule has 2 N–H and O–H groups in total. The number of amides is 1. The highest BCUT2D eigenvalue weighted by Crippen LogP contribution is 2.12. The minimum Gasteiger partial charge on any atom is -0.444 e. The Morgan fingerprint density at radius 1 is 1.37 bits per heavy atom. The predicted molar refractivity (Wildman–Crippen MR) is 123 cm³/mol.